The number of likely N-dealkylation sites (tertiary alicyclic amines) is 1. The number of rotatable bonds is 3. The first-order valence-electron chi connectivity index (χ1n) is 9.14. The maximum Gasteiger partial charge on any atom is 0.181 e. The van der Waals surface area contributed by atoms with Gasteiger partial charge in [0.1, 0.15) is 4.83 Å². The Morgan fingerprint density at radius 1 is 1.22 bits per heavy atom. The first-order valence-corrected chi connectivity index (χ1v) is 9.95. The Hall–Kier alpha value is -2.35. The van der Waals surface area contributed by atoms with Crippen LogP contribution in [0.3, 0.4) is 0 Å². The van der Waals surface area contributed by atoms with E-state index < -0.39 is 6.10 Å². The van der Waals surface area contributed by atoms with Crippen LogP contribution in [0.5, 0.6) is 0 Å². The summed E-state index contributed by atoms with van der Waals surface area (Å²) in [6, 6.07) is 8.26. The molecule has 2 unspecified atom stereocenters. The third-order valence-corrected chi connectivity index (χ3v) is 6.45. The molecule has 1 aliphatic rings. The van der Waals surface area contributed by atoms with Crippen molar-refractivity contribution in [2.45, 2.75) is 12.5 Å². The molecule has 7 heteroatoms. The van der Waals surface area contributed by atoms with E-state index in [1.54, 1.807) is 16.0 Å². The van der Waals surface area contributed by atoms with Gasteiger partial charge in [-0.3, -0.25) is 4.68 Å². The van der Waals surface area contributed by atoms with Crippen LogP contribution in [-0.4, -0.2) is 49.9 Å². The van der Waals surface area contributed by atoms with Crippen molar-refractivity contribution in [2.24, 2.45) is 13.0 Å². The van der Waals surface area contributed by atoms with Gasteiger partial charge in [-0.05, 0) is 44.3 Å². The maximum atomic E-state index is 10.8. The number of pyridine rings is 2. The fraction of sp³-hybridized carbons (Fsp3) is 0.350. The van der Waals surface area contributed by atoms with Crippen LogP contribution in [0.1, 0.15) is 17.4 Å². The fourth-order valence-electron chi connectivity index (χ4n) is 3.88. The van der Waals surface area contributed by atoms with E-state index in [0.29, 0.717) is 5.92 Å². The first kappa shape index (κ1) is 16.8. The average Bonchev–Trinajstić information content (AvgIpc) is 3.36. The lowest BCUT2D eigenvalue weighted by atomic mass is 10.0. The largest absolute Gasteiger partial charge is 0.387 e. The molecule has 2 atom stereocenters. The Bertz CT molecular complexity index is 1130. The number of aryl methyl sites for hydroxylation is 1. The van der Waals surface area contributed by atoms with E-state index in [-0.39, 0.29) is 0 Å². The molecule has 0 aliphatic carbocycles. The quantitative estimate of drug-likeness (QED) is 0.592. The minimum Gasteiger partial charge on any atom is -0.387 e. The molecule has 1 aliphatic heterocycles. The molecular weight excluding hydrogens is 358 g/mol. The van der Waals surface area contributed by atoms with Gasteiger partial charge in [0.2, 0.25) is 0 Å². The van der Waals surface area contributed by atoms with E-state index in [4.69, 9.17) is 4.98 Å². The molecule has 0 aromatic carbocycles. The van der Waals surface area contributed by atoms with Crippen LogP contribution in [-0.2, 0) is 7.05 Å². The zero-order valence-electron chi connectivity index (χ0n) is 15.3. The summed E-state index contributed by atoms with van der Waals surface area (Å²) in [6.07, 6.45) is 4.41. The first-order chi connectivity index (χ1) is 13.1. The molecule has 1 N–H and O–H groups in total. The second-order valence-corrected chi connectivity index (χ2v) is 8.50. The second kappa shape index (κ2) is 6.37. The Morgan fingerprint density at radius 3 is 2.93 bits per heavy atom. The molecule has 0 amide bonds. The zero-order chi connectivity index (χ0) is 18.5. The lowest BCUT2D eigenvalue weighted by molar-refractivity contribution is 0.116. The van der Waals surface area contributed by atoms with E-state index >= 15 is 0 Å². The fourth-order valence-corrected chi connectivity index (χ4v) is 4.99. The average molecular weight is 379 g/mol. The lowest BCUT2D eigenvalue weighted by Crippen LogP contribution is -2.17. The van der Waals surface area contributed by atoms with Crippen LogP contribution >= 0.6 is 11.3 Å². The summed E-state index contributed by atoms with van der Waals surface area (Å²) in [5.74, 6) is 0.305. The number of hydrogen-bond donors (Lipinski definition) is 1. The van der Waals surface area contributed by atoms with Gasteiger partial charge >= 0.3 is 0 Å². The normalized spacial score (nSPS) is 19.3. The van der Waals surface area contributed by atoms with E-state index in [1.165, 1.54) is 0 Å². The monoisotopic (exact) mass is 379 g/mol. The third-order valence-electron chi connectivity index (χ3n) is 5.34. The highest BCUT2D eigenvalue weighted by atomic mass is 32.1. The van der Waals surface area contributed by atoms with Crippen LogP contribution in [0.15, 0.2) is 36.7 Å². The van der Waals surface area contributed by atoms with Crippen LogP contribution in [0.4, 0.5) is 0 Å². The van der Waals surface area contributed by atoms with E-state index in [1.807, 2.05) is 25.5 Å². The highest BCUT2D eigenvalue weighted by molar-refractivity contribution is 7.18. The molecule has 0 bridgehead atoms. The topological polar surface area (TPSA) is 67.1 Å². The van der Waals surface area contributed by atoms with Crippen LogP contribution in [0.25, 0.3) is 32.5 Å². The molecular formula is C20H21N5OS. The van der Waals surface area contributed by atoms with Crippen molar-refractivity contribution >= 4 is 32.6 Å². The number of hydrogen-bond acceptors (Lipinski definition) is 6. The van der Waals surface area contributed by atoms with Gasteiger partial charge in [0.05, 0.1) is 11.8 Å². The van der Waals surface area contributed by atoms with Crippen LogP contribution in [0, 0.1) is 5.92 Å². The number of nitrogens with zero attached hydrogens (tertiary/aromatic N) is 5. The predicted octanol–water partition coefficient (Wildman–Crippen LogP) is 3.23. The summed E-state index contributed by atoms with van der Waals surface area (Å²) in [5, 5.41) is 17.2. The van der Waals surface area contributed by atoms with Crippen molar-refractivity contribution in [2.75, 3.05) is 20.1 Å². The van der Waals surface area contributed by atoms with Crippen molar-refractivity contribution in [3.63, 3.8) is 0 Å². The number of thiophene rings is 1. The van der Waals surface area contributed by atoms with Gasteiger partial charge in [-0.1, -0.05) is 0 Å². The highest BCUT2D eigenvalue weighted by Crippen LogP contribution is 2.36. The lowest BCUT2D eigenvalue weighted by Gasteiger charge is -2.16. The predicted molar refractivity (Wildman–Crippen MR) is 108 cm³/mol. The molecule has 4 aromatic heterocycles. The van der Waals surface area contributed by atoms with E-state index in [9.17, 15) is 5.11 Å². The molecule has 138 valence electrons. The van der Waals surface area contributed by atoms with Crippen LogP contribution in [0.2, 0.25) is 0 Å². The molecule has 1 fully saturated rings. The van der Waals surface area contributed by atoms with Crippen molar-refractivity contribution in [1.29, 1.82) is 0 Å². The SMILES string of the molecule is CN1CCC(C(O)c2cc3ccc(-c4cnc5nn(C)cc5c4)nc3s2)C1. The number of aliphatic hydroxyl groups excluding tert-OH is 1. The summed E-state index contributed by atoms with van der Waals surface area (Å²) in [7, 11) is 4.00. The van der Waals surface area contributed by atoms with Gasteiger partial charge in [0, 0.05) is 53.1 Å². The molecule has 1 saturated heterocycles. The number of aliphatic hydroxyl groups is 1. The van der Waals surface area contributed by atoms with Crippen molar-refractivity contribution in [3.8, 4) is 11.3 Å². The van der Waals surface area contributed by atoms with Gasteiger partial charge in [0.25, 0.3) is 0 Å². The molecule has 0 radical (unpaired) electrons. The third kappa shape index (κ3) is 3.01. The summed E-state index contributed by atoms with van der Waals surface area (Å²) in [4.78, 5) is 13.5. The Labute approximate surface area is 161 Å². The summed E-state index contributed by atoms with van der Waals surface area (Å²) < 4.78 is 1.77. The van der Waals surface area contributed by atoms with Crippen molar-refractivity contribution in [3.05, 3.63) is 41.5 Å². The summed E-state index contributed by atoms with van der Waals surface area (Å²) in [5.41, 5.74) is 2.61. The Kier molecular flexibility index (Phi) is 3.96. The van der Waals surface area contributed by atoms with Gasteiger partial charge in [-0.2, -0.15) is 5.10 Å². The van der Waals surface area contributed by atoms with E-state index in [2.05, 4.69) is 40.2 Å². The highest BCUT2D eigenvalue weighted by Gasteiger charge is 2.28. The molecule has 5 heterocycles. The number of aromatic nitrogens is 4. The summed E-state index contributed by atoms with van der Waals surface area (Å²) >= 11 is 1.59. The second-order valence-electron chi connectivity index (χ2n) is 7.44. The van der Waals surface area contributed by atoms with Gasteiger partial charge in [-0.25, -0.2) is 9.97 Å². The Balaban J connectivity index is 1.49. The Morgan fingerprint density at radius 2 is 2.11 bits per heavy atom. The van der Waals surface area contributed by atoms with Gasteiger partial charge in [0.15, 0.2) is 5.65 Å². The molecule has 27 heavy (non-hydrogen) atoms. The van der Waals surface area contributed by atoms with E-state index in [0.717, 1.165) is 56.9 Å². The minimum atomic E-state index is -0.411. The maximum absolute atomic E-state index is 10.8. The van der Waals surface area contributed by atoms with Crippen molar-refractivity contribution in [1.82, 2.24) is 24.6 Å². The van der Waals surface area contributed by atoms with Gasteiger partial charge < -0.3 is 10.0 Å². The van der Waals surface area contributed by atoms with Crippen molar-refractivity contribution < 1.29 is 5.11 Å². The summed E-state index contributed by atoms with van der Waals surface area (Å²) in [6.45, 7) is 2.00. The number of fused-ring (bicyclic) bond motifs is 2. The van der Waals surface area contributed by atoms with Crippen LogP contribution < -0.4 is 0 Å². The molecule has 0 spiro atoms. The minimum absolute atomic E-state index is 0.305. The van der Waals surface area contributed by atoms with Gasteiger partial charge in [-0.15, -0.1) is 11.3 Å². The molecule has 6 nitrogen and oxygen atoms in total. The molecule has 0 saturated carbocycles. The zero-order valence-corrected chi connectivity index (χ0v) is 16.1. The molecule has 4 aromatic rings. The smallest absolute Gasteiger partial charge is 0.181 e. The molecule has 5 rings (SSSR count). The standard InChI is InChI=1S/C20H21N5OS/c1-24-6-5-13(10-24)18(26)17-8-12-3-4-16(22-20(12)27-17)14-7-15-11-25(2)23-19(15)21-9-14/h3-4,7-9,11,13,18,26H,5-6,10H2,1-2H3.